The number of methoxy groups -OCH3 is 1. The number of carbonyl (C=O) groups excluding carboxylic acids is 2. The fourth-order valence-electron chi connectivity index (χ4n) is 4.56. The average Bonchev–Trinajstić information content (AvgIpc) is 3.13. The summed E-state index contributed by atoms with van der Waals surface area (Å²) in [6.45, 7) is 1.22. The lowest BCUT2D eigenvalue weighted by Gasteiger charge is -2.32. The Morgan fingerprint density at radius 3 is 2.82 bits per heavy atom. The van der Waals surface area contributed by atoms with E-state index in [1.165, 1.54) is 28.8 Å². The zero-order chi connectivity index (χ0) is 23.7. The molecule has 1 N–H and O–H groups in total. The summed E-state index contributed by atoms with van der Waals surface area (Å²) in [7, 11) is 1.16. The smallest absolute Gasteiger partial charge is 0.343 e. The molecule has 168 valence electrons. The van der Waals surface area contributed by atoms with Crippen molar-refractivity contribution in [2.24, 2.45) is 0 Å². The van der Waals surface area contributed by atoms with Gasteiger partial charge < -0.3 is 14.6 Å². The van der Waals surface area contributed by atoms with E-state index in [4.69, 9.17) is 9.47 Å². The van der Waals surface area contributed by atoms with Crippen molar-refractivity contribution in [1.82, 2.24) is 9.55 Å². The van der Waals surface area contributed by atoms with Crippen molar-refractivity contribution in [3.63, 3.8) is 0 Å². The van der Waals surface area contributed by atoms with Crippen LogP contribution in [0.2, 0.25) is 0 Å². The van der Waals surface area contributed by atoms with Gasteiger partial charge in [0.2, 0.25) is 0 Å². The minimum atomic E-state index is -2.03. The van der Waals surface area contributed by atoms with E-state index in [1.807, 2.05) is 0 Å². The second-order valence-corrected chi connectivity index (χ2v) is 7.84. The molecule has 11 heteroatoms. The fourth-order valence-corrected chi connectivity index (χ4v) is 4.56. The van der Waals surface area contributed by atoms with Crippen LogP contribution in [0.25, 0.3) is 22.3 Å². The molecular weight excluding hydrogens is 434 g/mol. The van der Waals surface area contributed by atoms with Crippen LogP contribution >= 0.6 is 0 Å². The second kappa shape index (κ2) is 6.94. The highest BCUT2D eigenvalue weighted by Crippen LogP contribution is 2.43. The van der Waals surface area contributed by atoms with Crippen molar-refractivity contribution >= 4 is 28.5 Å². The number of hydrogen-bond acceptors (Lipinski definition) is 9. The van der Waals surface area contributed by atoms with Crippen molar-refractivity contribution in [3.8, 4) is 11.4 Å². The molecule has 3 aromatic rings. The van der Waals surface area contributed by atoms with Gasteiger partial charge in [-0.2, -0.15) is 0 Å². The van der Waals surface area contributed by atoms with Crippen molar-refractivity contribution < 1.29 is 29.1 Å². The molecule has 0 amide bonds. The van der Waals surface area contributed by atoms with Gasteiger partial charge in [-0.15, -0.1) is 0 Å². The minimum Gasteiger partial charge on any atom is -0.467 e. The first-order valence-electron chi connectivity index (χ1n) is 10.1. The molecule has 5 rings (SSSR count). The van der Waals surface area contributed by atoms with Crippen LogP contribution in [0.3, 0.4) is 0 Å². The van der Waals surface area contributed by atoms with Crippen LogP contribution in [0.4, 0.5) is 5.69 Å². The molecule has 2 aromatic heterocycles. The summed E-state index contributed by atoms with van der Waals surface area (Å²) in [5, 5.41) is 22.7. The van der Waals surface area contributed by atoms with Crippen molar-refractivity contribution in [3.05, 3.63) is 67.5 Å². The number of non-ortho nitro benzene ring substituents is 1. The van der Waals surface area contributed by atoms with E-state index >= 15 is 0 Å². The van der Waals surface area contributed by atoms with Crippen LogP contribution in [0.1, 0.15) is 36.1 Å². The Kier molecular flexibility index (Phi) is 4.37. The number of nitro groups is 1. The molecule has 0 fully saturated rings. The van der Waals surface area contributed by atoms with E-state index in [9.17, 15) is 29.6 Å². The number of carbonyl (C=O) groups is 2. The van der Waals surface area contributed by atoms with Gasteiger partial charge in [0.15, 0.2) is 11.6 Å². The normalized spacial score (nSPS) is 20.6. The Morgan fingerprint density at radius 1 is 1.39 bits per heavy atom. The molecule has 2 atom stereocenters. The number of nitrogens with zero attached hydrogens (tertiary/aromatic N) is 3. The van der Waals surface area contributed by atoms with Crippen LogP contribution < -0.4 is 5.56 Å². The third-order valence-corrected chi connectivity index (χ3v) is 6.27. The molecule has 2 aliphatic rings. The molecule has 1 aromatic carbocycles. The van der Waals surface area contributed by atoms with E-state index in [2.05, 4.69) is 4.98 Å². The van der Waals surface area contributed by atoms with Gasteiger partial charge in [-0.3, -0.25) is 19.5 Å². The number of esters is 2. The van der Waals surface area contributed by atoms with Gasteiger partial charge >= 0.3 is 11.9 Å². The van der Waals surface area contributed by atoms with E-state index in [0.29, 0.717) is 0 Å². The highest BCUT2D eigenvalue weighted by atomic mass is 16.6. The third kappa shape index (κ3) is 2.65. The van der Waals surface area contributed by atoms with Crippen LogP contribution in [0.15, 0.2) is 35.1 Å². The molecule has 0 saturated heterocycles. The van der Waals surface area contributed by atoms with E-state index in [-0.39, 0.29) is 57.7 Å². The van der Waals surface area contributed by atoms with Crippen LogP contribution in [-0.2, 0) is 31.3 Å². The van der Waals surface area contributed by atoms with E-state index in [1.54, 1.807) is 13.0 Å². The number of hydrogen-bond donors (Lipinski definition) is 1. The zero-order valence-corrected chi connectivity index (χ0v) is 17.5. The topological polar surface area (TPSA) is 151 Å². The first-order valence-corrected chi connectivity index (χ1v) is 10.1. The summed E-state index contributed by atoms with van der Waals surface area (Å²) in [4.78, 5) is 54.1. The molecular formula is C22H17N3O8. The molecule has 11 nitrogen and oxygen atoms in total. The van der Waals surface area contributed by atoms with Crippen LogP contribution in [0, 0.1) is 10.1 Å². The predicted molar refractivity (Wildman–Crippen MR) is 112 cm³/mol. The third-order valence-electron chi connectivity index (χ3n) is 6.27. The summed E-state index contributed by atoms with van der Waals surface area (Å²) in [5.74, 6) is -1.64. The Bertz CT molecular complexity index is 1460. The molecule has 0 aliphatic carbocycles. The van der Waals surface area contributed by atoms with Gasteiger partial charge in [-0.05, 0) is 24.6 Å². The fraction of sp³-hybridized carbons (Fsp3) is 0.273. The number of pyridine rings is 2. The largest absolute Gasteiger partial charge is 0.467 e. The molecule has 1 unspecified atom stereocenters. The first kappa shape index (κ1) is 20.8. The van der Waals surface area contributed by atoms with Crippen molar-refractivity contribution in [2.45, 2.75) is 31.6 Å². The number of aromatic nitrogens is 2. The highest BCUT2D eigenvalue weighted by molar-refractivity contribution is 5.95. The summed E-state index contributed by atoms with van der Waals surface area (Å²) in [5.41, 5.74) is -1.78. The first-order chi connectivity index (χ1) is 15.7. The van der Waals surface area contributed by atoms with Gasteiger partial charge in [0.1, 0.15) is 6.61 Å². The van der Waals surface area contributed by atoms with Crippen molar-refractivity contribution in [1.29, 1.82) is 0 Å². The Labute approximate surface area is 185 Å². The Balaban J connectivity index is 1.89. The Morgan fingerprint density at radius 2 is 2.15 bits per heavy atom. The highest BCUT2D eigenvalue weighted by Gasteiger charge is 2.47. The number of benzene rings is 1. The number of aliphatic hydroxyl groups is 1. The number of nitro benzene ring substituents is 1. The summed E-state index contributed by atoms with van der Waals surface area (Å²) in [6, 6.07) is 6.05. The van der Waals surface area contributed by atoms with Gasteiger partial charge in [0, 0.05) is 17.2 Å². The van der Waals surface area contributed by atoms with Crippen LogP contribution in [0.5, 0.6) is 0 Å². The maximum Gasteiger partial charge on any atom is 0.343 e. The van der Waals surface area contributed by atoms with Gasteiger partial charge in [-0.1, -0.05) is 13.0 Å². The monoisotopic (exact) mass is 451 g/mol. The van der Waals surface area contributed by atoms with Gasteiger partial charge in [-0.25, -0.2) is 14.6 Å². The molecule has 0 spiro atoms. The minimum absolute atomic E-state index is 0.0354. The predicted octanol–water partition coefficient (Wildman–Crippen LogP) is 1.70. The molecule has 0 saturated carbocycles. The van der Waals surface area contributed by atoms with Gasteiger partial charge in [0.25, 0.3) is 11.2 Å². The summed E-state index contributed by atoms with van der Waals surface area (Å²) >= 11 is 0. The lowest BCUT2D eigenvalue weighted by Crippen LogP contribution is -2.45. The number of fused-ring (bicyclic) bond motifs is 5. The molecule has 33 heavy (non-hydrogen) atoms. The maximum atomic E-state index is 13.5. The number of rotatable bonds is 3. The molecule has 0 bridgehead atoms. The van der Waals surface area contributed by atoms with Crippen molar-refractivity contribution in [2.75, 3.05) is 7.11 Å². The zero-order valence-electron chi connectivity index (χ0n) is 17.5. The van der Waals surface area contributed by atoms with Crippen LogP contribution in [-0.4, -0.2) is 38.6 Å². The molecule has 0 radical (unpaired) electrons. The Hall–Kier alpha value is -4.12. The summed E-state index contributed by atoms with van der Waals surface area (Å²) in [6.07, 6.45) is -0.0354. The van der Waals surface area contributed by atoms with E-state index in [0.717, 1.165) is 7.11 Å². The number of ether oxygens (including phenoxy) is 2. The summed E-state index contributed by atoms with van der Waals surface area (Å²) < 4.78 is 11.1. The molecule has 4 heterocycles. The SMILES string of the molecule is CC[C@@]1(O)C(=O)OCc2c1cc1n(c2=O)C(C(=O)OC)c2cc3c([N+](=O)[O-])cccc3nc2-1. The number of cyclic esters (lactones) is 1. The quantitative estimate of drug-likeness (QED) is 0.356. The van der Waals surface area contributed by atoms with Gasteiger partial charge in [0.05, 0.1) is 39.9 Å². The average molecular weight is 451 g/mol. The van der Waals surface area contributed by atoms with E-state index < -0.39 is 34.1 Å². The molecule has 2 aliphatic heterocycles. The maximum absolute atomic E-state index is 13.5. The lowest BCUT2D eigenvalue weighted by atomic mass is 9.86. The second-order valence-electron chi connectivity index (χ2n) is 7.84. The lowest BCUT2D eigenvalue weighted by molar-refractivity contribution is -0.383. The standard InChI is InChI=1S/C22H17N3O8/c1-3-22(29)13-8-16-17-11(7-10-14(23-17)5-4-6-15(10)25(30)31)18(20(27)32-2)24(16)19(26)12(13)9-33-21(22)28/h4-8,18,29H,3,9H2,1-2H3/t18?,22-/m0/s1.